The van der Waals surface area contributed by atoms with Gasteiger partial charge in [-0.25, -0.2) is 0 Å². The zero-order chi connectivity index (χ0) is 34.9. The van der Waals surface area contributed by atoms with Crippen LogP contribution in [0.3, 0.4) is 0 Å². The smallest absolute Gasteiger partial charge is 0.136 e. The predicted molar refractivity (Wildman–Crippen MR) is 223 cm³/mol. The summed E-state index contributed by atoms with van der Waals surface area (Å²) in [5.41, 5.74) is 11.0. The van der Waals surface area contributed by atoms with Crippen LogP contribution in [0.2, 0.25) is 0 Å². The third kappa shape index (κ3) is 4.68. The van der Waals surface area contributed by atoms with Gasteiger partial charge in [0.25, 0.3) is 0 Å². The highest BCUT2D eigenvalue weighted by atomic mass is 16.3. The Hall–Kier alpha value is -7.10. The molecule has 3 nitrogen and oxygen atoms in total. The molecule has 0 atom stereocenters. The molecule has 0 bridgehead atoms. The molecule has 0 unspecified atom stereocenters. The van der Waals surface area contributed by atoms with Gasteiger partial charge in [-0.3, -0.25) is 0 Å². The standard InChI is InChI=1S/C50H32N2O/c1-3-13-33(14-4-1)39-17-7-10-20-46(39)52-47-21-11-8-18-40(47)41-28-27-38(31-48(41)52)51(36-15-5-2-6-16-36)37-26-25-34-23-24-35-29-50-45(32-44(35)43(34)30-37)42-19-9-12-22-49(42)53-50/h1-32H. The highest BCUT2D eigenvalue weighted by molar-refractivity contribution is 6.17. The quantitative estimate of drug-likeness (QED) is 0.169. The fourth-order valence-electron chi connectivity index (χ4n) is 8.31. The van der Waals surface area contributed by atoms with Crippen molar-refractivity contribution < 1.29 is 4.42 Å². The minimum atomic E-state index is 0.914. The van der Waals surface area contributed by atoms with Crippen molar-refractivity contribution in [2.75, 3.05) is 4.90 Å². The van der Waals surface area contributed by atoms with Gasteiger partial charge in [0.2, 0.25) is 0 Å². The highest BCUT2D eigenvalue weighted by Crippen LogP contribution is 2.43. The molecule has 11 rings (SSSR count). The number of hydrogen-bond donors (Lipinski definition) is 0. The van der Waals surface area contributed by atoms with Crippen LogP contribution in [0.25, 0.3) is 82.1 Å². The van der Waals surface area contributed by atoms with Crippen molar-refractivity contribution in [3.63, 3.8) is 0 Å². The zero-order valence-electron chi connectivity index (χ0n) is 28.8. The van der Waals surface area contributed by atoms with Crippen LogP contribution in [-0.4, -0.2) is 4.57 Å². The number of aromatic nitrogens is 1. The molecule has 0 aliphatic carbocycles. The first-order valence-corrected chi connectivity index (χ1v) is 18.1. The fraction of sp³-hybridized carbons (Fsp3) is 0. The lowest BCUT2D eigenvalue weighted by Crippen LogP contribution is -2.10. The summed E-state index contributed by atoms with van der Waals surface area (Å²) in [5.74, 6) is 0. The zero-order valence-corrected chi connectivity index (χ0v) is 28.8. The van der Waals surface area contributed by atoms with Gasteiger partial charge in [0.1, 0.15) is 11.2 Å². The lowest BCUT2D eigenvalue weighted by molar-refractivity contribution is 0.669. The van der Waals surface area contributed by atoms with Crippen LogP contribution in [0.15, 0.2) is 199 Å². The van der Waals surface area contributed by atoms with Gasteiger partial charge in [-0.05, 0) is 93.8 Å². The molecule has 2 aromatic heterocycles. The molecular weight excluding hydrogens is 645 g/mol. The summed E-state index contributed by atoms with van der Waals surface area (Å²) >= 11 is 0. The Morgan fingerprint density at radius 3 is 1.89 bits per heavy atom. The van der Waals surface area contributed by atoms with E-state index in [0.717, 1.165) is 55.6 Å². The summed E-state index contributed by atoms with van der Waals surface area (Å²) < 4.78 is 8.71. The Bertz CT molecular complexity index is 3170. The molecule has 11 aromatic rings. The van der Waals surface area contributed by atoms with Gasteiger partial charge < -0.3 is 13.9 Å². The number of anilines is 3. The maximum atomic E-state index is 6.27. The molecule has 53 heavy (non-hydrogen) atoms. The van der Waals surface area contributed by atoms with Crippen LogP contribution < -0.4 is 4.90 Å². The predicted octanol–water partition coefficient (Wildman–Crippen LogP) is 14.1. The second-order valence-corrected chi connectivity index (χ2v) is 13.7. The molecule has 0 saturated carbocycles. The topological polar surface area (TPSA) is 21.3 Å². The third-order valence-electron chi connectivity index (χ3n) is 10.7. The van der Waals surface area contributed by atoms with Crippen molar-refractivity contribution in [3.05, 3.63) is 194 Å². The van der Waals surface area contributed by atoms with Gasteiger partial charge in [0.05, 0.1) is 16.7 Å². The lowest BCUT2D eigenvalue weighted by atomic mass is 9.99. The first-order valence-electron chi connectivity index (χ1n) is 18.1. The van der Waals surface area contributed by atoms with E-state index in [1.165, 1.54) is 43.6 Å². The fourth-order valence-corrected chi connectivity index (χ4v) is 8.31. The minimum Gasteiger partial charge on any atom is -0.456 e. The van der Waals surface area contributed by atoms with Gasteiger partial charge in [-0.2, -0.15) is 0 Å². The number of hydrogen-bond acceptors (Lipinski definition) is 2. The van der Waals surface area contributed by atoms with Crippen molar-refractivity contribution >= 4 is 82.4 Å². The van der Waals surface area contributed by atoms with E-state index in [9.17, 15) is 0 Å². The van der Waals surface area contributed by atoms with Gasteiger partial charge in [0.15, 0.2) is 0 Å². The molecular formula is C50H32N2O. The Morgan fingerprint density at radius 1 is 0.358 bits per heavy atom. The molecule has 0 radical (unpaired) electrons. The van der Waals surface area contributed by atoms with Crippen molar-refractivity contribution in [2.45, 2.75) is 0 Å². The second kappa shape index (κ2) is 11.7. The number of rotatable bonds is 5. The second-order valence-electron chi connectivity index (χ2n) is 13.7. The maximum Gasteiger partial charge on any atom is 0.136 e. The van der Waals surface area contributed by atoms with E-state index >= 15 is 0 Å². The summed E-state index contributed by atoms with van der Waals surface area (Å²) in [5, 5.41) is 9.52. The van der Waals surface area contributed by atoms with Crippen molar-refractivity contribution in [2.24, 2.45) is 0 Å². The van der Waals surface area contributed by atoms with E-state index < -0.39 is 0 Å². The van der Waals surface area contributed by atoms with Gasteiger partial charge in [-0.1, -0.05) is 127 Å². The van der Waals surface area contributed by atoms with Crippen molar-refractivity contribution in [3.8, 4) is 16.8 Å². The monoisotopic (exact) mass is 676 g/mol. The summed E-state index contributed by atoms with van der Waals surface area (Å²) in [6, 6.07) is 69.9. The number of benzene rings is 9. The van der Waals surface area contributed by atoms with Gasteiger partial charge >= 0.3 is 0 Å². The minimum absolute atomic E-state index is 0.914. The molecule has 3 heteroatoms. The number of nitrogens with zero attached hydrogens (tertiary/aromatic N) is 2. The van der Waals surface area contributed by atoms with Gasteiger partial charge in [-0.15, -0.1) is 0 Å². The highest BCUT2D eigenvalue weighted by Gasteiger charge is 2.20. The summed E-state index contributed by atoms with van der Waals surface area (Å²) in [6.45, 7) is 0. The molecule has 2 heterocycles. The molecule has 0 amide bonds. The van der Waals surface area contributed by atoms with Crippen LogP contribution >= 0.6 is 0 Å². The van der Waals surface area contributed by atoms with Crippen LogP contribution in [0.4, 0.5) is 17.1 Å². The lowest BCUT2D eigenvalue weighted by Gasteiger charge is -2.26. The van der Waals surface area contributed by atoms with Crippen molar-refractivity contribution in [1.29, 1.82) is 0 Å². The van der Waals surface area contributed by atoms with Crippen LogP contribution in [0.5, 0.6) is 0 Å². The summed E-state index contributed by atoms with van der Waals surface area (Å²) in [6.07, 6.45) is 0. The van der Waals surface area contributed by atoms with E-state index in [1.807, 2.05) is 12.1 Å². The van der Waals surface area contributed by atoms with E-state index in [1.54, 1.807) is 0 Å². The number of para-hydroxylation sites is 4. The largest absolute Gasteiger partial charge is 0.456 e. The normalized spacial score (nSPS) is 11.8. The number of fused-ring (bicyclic) bond motifs is 9. The number of furan rings is 1. The molecule has 0 spiro atoms. The molecule has 0 aliphatic rings. The summed E-state index contributed by atoms with van der Waals surface area (Å²) in [4.78, 5) is 2.38. The third-order valence-corrected chi connectivity index (χ3v) is 10.7. The Morgan fingerprint density at radius 2 is 1.00 bits per heavy atom. The van der Waals surface area contributed by atoms with E-state index in [4.69, 9.17) is 4.42 Å². The molecule has 0 aliphatic heterocycles. The maximum absolute atomic E-state index is 6.27. The first kappa shape index (κ1) is 29.6. The van der Waals surface area contributed by atoms with Crippen LogP contribution in [0.1, 0.15) is 0 Å². The average Bonchev–Trinajstić information content (AvgIpc) is 3.75. The average molecular weight is 677 g/mol. The van der Waals surface area contributed by atoms with Crippen molar-refractivity contribution in [1.82, 2.24) is 4.57 Å². The van der Waals surface area contributed by atoms with Crippen LogP contribution in [0, 0.1) is 0 Å². The Balaban J connectivity index is 1.16. The Kier molecular flexibility index (Phi) is 6.55. The van der Waals surface area contributed by atoms with Crippen LogP contribution in [-0.2, 0) is 0 Å². The summed E-state index contributed by atoms with van der Waals surface area (Å²) in [7, 11) is 0. The van der Waals surface area contributed by atoms with Gasteiger partial charge in [0, 0.05) is 44.2 Å². The Labute approximate surface area is 306 Å². The molecule has 248 valence electrons. The first-order chi connectivity index (χ1) is 26.3. The van der Waals surface area contributed by atoms with E-state index in [0.29, 0.717) is 0 Å². The molecule has 0 fully saturated rings. The SMILES string of the molecule is c1ccc(-c2ccccc2-n2c3ccccc3c3ccc(N(c4ccccc4)c4ccc5ccc6cc7oc8ccccc8c7cc6c5c4)cc32)cc1. The molecule has 0 saturated heterocycles. The molecule has 9 aromatic carbocycles. The van der Waals surface area contributed by atoms with E-state index in [-0.39, 0.29) is 0 Å². The van der Waals surface area contributed by atoms with E-state index in [2.05, 4.69) is 191 Å². The molecule has 0 N–H and O–H groups in total.